The minimum absolute atomic E-state index is 0.250. The Morgan fingerprint density at radius 2 is 2.11 bits per heavy atom. The van der Waals surface area contributed by atoms with Gasteiger partial charge in [-0.25, -0.2) is 8.42 Å². The van der Waals surface area contributed by atoms with Crippen LogP contribution in [0.1, 0.15) is 5.56 Å². The molecule has 5 nitrogen and oxygen atoms in total. The summed E-state index contributed by atoms with van der Waals surface area (Å²) in [7, 11) is -0.256. The van der Waals surface area contributed by atoms with Gasteiger partial charge in [0.25, 0.3) is 0 Å². The molecule has 0 aliphatic heterocycles. The van der Waals surface area contributed by atoms with E-state index in [9.17, 15) is 13.2 Å². The van der Waals surface area contributed by atoms with Crippen LogP contribution in [0.3, 0.4) is 0 Å². The van der Waals surface area contributed by atoms with Crippen molar-refractivity contribution in [3.63, 3.8) is 0 Å². The van der Waals surface area contributed by atoms with Gasteiger partial charge in [-0.1, -0.05) is 12.1 Å². The number of benzene rings is 1. The van der Waals surface area contributed by atoms with Crippen LogP contribution in [0.4, 0.5) is 0 Å². The average molecular weight is 271 g/mol. The number of hydrogen-bond acceptors (Lipinski definition) is 5. The van der Waals surface area contributed by atoms with E-state index in [2.05, 4.69) is 10.1 Å². The van der Waals surface area contributed by atoms with Crippen LogP contribution in [0.5, 0.6) is 0 Å². The van der Waals surface area contributed by atoms with Crippen molar-refractivity contribution in [3.05, 3.63) is 29.8 Å². The molecule has 0 fully saturated rings. The van der Waals surface area contributed by atoms with Gasteiger partial charge in [0.2, 0.25) is 0 Å². The molecule has 1 aromatic carbocycles. The molecule has 1 aromatic rings. The van der Waals surface area contributed by atoms with Crippen molar-refractivity contribution in [3.8, 4) is 0 Å². The molecule has 18 heavy (non-hydrogen) atoms. The van der Waals surface area contributed by atoms with Crippen molar-refractivity contribution in [1.82, 2.24) is 5.32 Å². The van der Waals surface area contributed by atoms with E-state index in [1.165, 1.54) is 13.2 Å². The third-order valence-corrected chi connectivity index (χ3v) is 3.71. The second-order valence-electron chi connectivity index (χ2n) is 3.99. The summed E-state index contributed by atoms with van der Waals surface area (Å²) >= 11 is 0. The minimum Gasteiger partial charge on any atom is -0.468 e. The maximum Gasteiger partial charge on any atom is 0.323 e. The van der Waals surface area contributed by atoms with Crippen molar-refractivity contribution < 1.29 is 17.9 Å². The molecule has 1 atom stereocenters. The first-order chi connectivity index (χ1) is 8.38. The number of likely N-dealkylation sites (N-methyl/N-ethyl adjacent to an activating group) is 1. The molecule has 0 amide bonds. The zero-order chi connectivity index (χ0) is 13.8. The summed E-state index contributed by atoms with van der Waals surface area (Å²) in [4.78, 5) is 11.7. The fourth-order valence-electron chi connectivity index (χ4n) is 1.58. The van der Waals surface area contributed by atoms with Crippen LogP contribution in [0.2, 0.25) is 0 Å². The normalized spacial score (nSPS) is 13.1. The average Bonchev–Trinajstić information content (AvgIpc) is 2.34. The molecule has 0 bridgehead atoms. The molecule has 0 heterocycles. The van der Waals surface area contributed by atoms with Crippen molar-refractivity contribution >= 4 is 15.8 Å². The Labute approximate surface area is 107 Å². The highest BCUT2D eigenvalue weighted by Gasteiger charge is 2.18. The molecule has 0 aromatic heterocycles. The summed E-state index contributed by atoms with van der Waals surface area (Å²) in [5, 5.41) is 2.84. The lowest BCUT2D eigenvalue weighted by Crippen LogP contribution is -2.36. The highest BCUT2D eigenvalue weighted by molar-refractivity contribution is 7.90. The first-order valence-electron chi connectivity index (χ1n) is 5.42. The summed E-state index contributed by atoms with van der Waals surface area (Å²) in [5.74, 6) is -0.373. The van der Waals surface area contributed by atoms with Crippen molar-refractivity contribution in [1.29, 1.82) is 0 Å². The van der Waals surface area contributed by atoms with Gasteiger partial charge >= 0.3 is 5.97 Å². The number of rotatable bonds is 5. The number of nitrogens with one attached hydrogen (secondary N) is 1. The third-order valence-electron chi connectivity index (χ3n) is 2.60. The molecular weight excluding hydrogens is 254 g/mol. The Morgan fingerprint density at radius 3 is 2.61 bits per heavy atom. The van der Waals surface area contributed by atoms with Crippen LogP contribution in [-0.2, 0) is 25.8 Å². The fourth-order valence-corrected chi connectivity index (χ4v) is 2.28. The summed E-state index contributed by atoms with van der Waals surface area (Å²) in [6, 6.07) is 6.07. The van der Waals surface area contributed by atoms with Gasteiger partial charge in [0, 0.05) is 6.26 Å². The third kappa shape index (κ3) is 3.82. The standard InChI is InChI=1S/C12H17NO4S/c1-13-11(12(14)17-2)8-9-5-4-6-10(7-9)18(3,15)16/h4-7,11,13H,8H2,1-3H3/t11-/m0/s1. The van der Waals surface area contributed by atoms with Crippen molar-refractivity contribution in [2.24, 2.45) is 0 Å². The first-order valence-corrected chi connectivity index (χ1v) is 7.31. The Bertz CT molecular complexity index is 525. The van der Waals surface area contributed by atoms with Gasteiger partial charge < -0.3 is 10.1 Å². The van der Waals surface area contributed by atoms with Crippen molar-refractivity contribution in [2.75, 3.05) is 20.4 Å². The first kappa shape index (κ1) is 14.7. The van der Waals surface area contributed by atoms with Crippen LogP contribution in [-0.4, -0.2) is 40.8 Å². The largest absolute Gasteiger partial charge is 0.468 e. The monoisotopic (exact) mass is 271 g/mol. The number of sulfone groups is 1. The van der Waals surface area contributed by atoms with E-state index in [0.717, 1.165) is 11.8 Å². The summed E-state index contributed by atoms with van der Waals surface area (Å²) in [6.07, 6.45) is 1.54. The molecule has 0 unspecified atom stereocenters. The highest BCUT2D eigenvalue weighted by Crippen LogP contribution is 2.13. The molecular formula is C12H17NO4S. The maximum absolute atomic E-state index is 11.4. The molecule has 0 saturated carbocycles. The predicted octanol–water partition coefficient (Wildman–Crippen LogP) is 0.394. The van der Waals surface area contributed by atoms with Gasteiger partial charge in [0.1, 0.15) is 6.04 Å². The second-order valence-corrected chi connectivity index (χ2v) is 6.00. The smallest absolute Gasteiger partial charge is 0.323 e. The number of carbonyl (C=O) groups excluding carboxylic acids is 1. The zero-order valence-corrected chi connectivity index (χ0v) is 11.5. The van der Waals surface area contributed by atoms with Crippen LogP contribution in [0, 0.1) is 0 Å². The maximum atomic E-state index is 11.4. The SMILES string of the molecule is CN[C@@H](Cc1cccc(S(C)(=O)=O)c1)C(=O)OC. The summed E-state index contributed by atoms with van der Waals surface area (Å²) in [5.41, 5.74) is 0.766. The van der Waals surface area contributed by atoms with E-state index in [-0.39, 0.29) is 10.9 Å². The van der Waals surface area contributed by atoms with Crippen LogP contribution >= 0.6 is 0 Å². The number of ether oxygens (including phenoxy) is 1. The number of hydrogen-bond donors (Lipinski definition) is 1. The lowest BCUT2D eigenvalue weighted by Gasteiger charge is -2.13. The van der Waals surface area contributed by atoms with Gasteiger partial charge in [0.15, 0.2) is 9.84 Å². The van der Waals surface area contributed by atoms with Gasteiger partial charge in [-0.05, 0) is 31.2 Å². The fraction of sp³-hybridized carbons (Fsp3) is 0.417. The van der Waals surface area contributed by atoms with Crippen LogP contribution in [0.25, 0.3) is 0 Å². The Hall–Kier alpha value is -1.40. The summed E-state index contributed by atoms with van der Waals surface area (Å²) in [6.45, 7) is 0. The van der Waals surface area contributed by atoms with Gasteiger partial charge in [-0.15, -0.1) is 0 Å². The Morgan fingerprint density at radius 1 is 1.44 bits per heavy atom. The molecule has 0 radical (unpaired) electrons. The van der Waals surface area contributed by atoms with Gasteiger partial charge in [0.05, 0.1) is 12.0 Å². The molecule has 6 heteroatoms. The molecule has 1 rings (SSSR count). The summed E-state index contributed by atoms with van der Waals surface area (Å²) < 4.78 is 27.5. The topological polar surface area (TPSA) is 72.5 Å². The molecule has 100 valence electrons. The molecule has 0 saturated heterocycles. The lowest BCUT2D eigenvalue weighted by atomic mass is 10.1. The highest BCUT2D eigenvalue weighted by atomic mass is 32.2. The van der Waals surface area contributed by atoms with Crippen molar-refractivity contribution in [2.45, 2.75) is 17.4 Å². The Kier molecular flexibility index (Phi) is 4.86. The number of esters is 1. The quantitative estimate of drug-likeness (QED) is 0.785. The van der Waals surface area contributed by atoms with E-state index in [4.69, 9.17) is 0 Å². The van der Waals surface area contributed by atoms with E-state index >= 15 is 0 Å². The van der Waals surface area contributed by atoms with Gasteiger partial charge in [-0.3, -0.25) is 4.79 Å². The van der Waals surface area contributed by atoms with Crippen LogP contribution in [0.15, 0.2) is 29.2 Å². The Balaban J connectivity index is 2.94. The lowest BCUT2D eigenvalue weighted by molar-refractivity contribution is -0.142. The number of carbonyl (C=O) groups is 1. The van der Waals surface area contributed by atoms with E-state index < -0.39 is 15.9 Å². The molecule has 0 spiro atoms. The number of methoxy groups -OCH3 is 1. The van der Waals surface area contributed by atoms with E-state index in [0.29, 0.717) is 6.42 Å². The molecule has 0 aliphatic rings. The predicted molar refractivity (Wildman–Crippen MR) is 68.1 cm³/mol. The van der Waals surface area contributed by atoms with E-state index in [1.54, 1.807) is 25.2 Å². The second kappa shape index (κ2) is 5.97. The molecule has 1 N–H and O–H groups in total. The zero-order valence-electron chi connectivity index (χ0n) is 10.6. The molecule has 0 aliphatic carbocycles. The van der Waals surface area contributed by atoms with E-state index in [1.807, 2.05) is 0 Å². The minimum atomic E-state index is -3.23. The van der Waals surface area contributed by atoms with Gasteiger partial charge in [-0.2, -0.15) is 0 Å². The van der Waals surface area contributed by atoms with Crippen LogP contribution < -0.4 is 5.32 Å².